The minimum absolute atomic E-state index is 0.0706. The van der Waals surface area contributed by atoms with Crippen molar-refractivity contribution in [1.29, 1.82) is 0 Å². The second-order valence-corrected chi connectivity index (χ2v) is 4.84. The van der Waals surface area contributed by atoms with Gasteiger partial charge in [-0.05, 0) is 12.3 Å². The number of carbonyl (C=O) groups is 2. The second-order valence-electron chi connectivity index (χ2n) is 3.96. The highest BCUT2D eigenvalue weighted by molar-refractivity contribution is 14.1. The van der Waals surface area contributed by atoms with Gasteiger partial charge in [0.25, 0.3) is 0 Å². The lowest BCUT2D eigenvalue weighted by atomic mass is 9.85. The third-order valence-electron chi connectivity index (χ3n) is 3.06. The highest BCUT2D eigenvalue weighted by Gasteiger charge is 2.56. The van der Waals surface area contributed by atoms with Gasteiger partial charge in [0.1, 0.15) is 0 Å². The van der Waals surface area contributed by atoms with Gasteiger partial charge in [0.2, 0.25) is 0 Å². The molecule has 2 unspecified atom stereocenters. The van der Waals surface area contributed by atoms with E-state index in [2.05, 4.69) is 32.1 Å². The van der Waals surface area contributed by atoms with Crippen molar-refractivity contribution < 1.29 is 24.2 Å². The zero-order valence-corrected chi connectivity index (χ0v) is 11.4. The van der Waals surface area contributed by atoms with Crippen LogP contribution in [0.5, 0.6) is 0 Å². The van der Waals surface area contributed by atoms with Gasteiger partial charge in [-0.3, -0.25) is 9.59 Å². The number of aliphatic hydroxyl groups is 1. The maximum Gasteiger partial charge on any atom is 0.323 e. The van der Waals surface area contributed by atoms with E-state index in [9.17, 15) is 14.7 Å². The first-order valence-corrected chi connectivity index (χ1v) is 6.45. The van der Waals surface area contributed by atoms with Crippen molar-refractivity contribution in [3.05, 3.63) is 0 Å². The molecular weight excluding hydrogens is 327 g/mol. The van der Waals surface area contributed by atoms with E-state index in [1.165, 1.54) is 14.2 Å². The van der Waals surface area contributed by atoms with Gasteiger partial charge in [0.15, 0.2) is 5.41 Å². The Morgan fingerprint density at radius 2 is 1.81 bits per heavy atom. The summed E-state index contributed by atoms with van der Waals surface area (Å²) >= 11 is 2.13. The summed E-state index contributed by atoms with van der Waals surface area (Å²) in [6.07, 6.45) is -0.286. The van der Waals surface area contributed by atoms with Gasteiger partial charge >= 0.3 is 11.9 Å². The van der Waals surface area contributed by atoms with E-state index < -0.39 is 23.5 Å². The topological polar surface area (TPSA) is 72.8 Å². The third-order valence-corrected chi connectivity index (χ3v) is 4.19. The molecule has 1 fully saturated rings. The van der Waals surface area contributed by atoms with Crippen molar-refractivity contribution in [3.8, 4) is 0 Å². The number of halogens is 1. The van der Waals surface area contributed by atoms with Crippen LogP contribution in [-0.4, -0.2) is 41.8 Å². The van der Waals surface area contributed by atoms with E-state index in [1.54, 1.807) is 0 Å². The molecule has 6 heteroatoms. The maximum absolute atomic E-state index is 11.7. The van der Waals surface area contributed by atoms with Crippen molar-refractivity contribution in [3.63, 3.8) is 0 Å². The molecule has 1 rings (SSSR count). The minimum atomic E-state index is -1.32. The van der Waals surface area contributed by atoms with Crippen LogP contribution in [0.2, 0.25) is 0 Å². The average molecular weight is 342 g/mol. The van der Waals surface area contributed by atoms with Crippen LogP contribution in [0.3, 0.4) is 0 Å². The minimum Gasteiger partial charge on any atom is -0.468 e. The summed E-state index contributed by atoms with van der Waals surface area (Å²) < 4.78 is 9.99. The van der Waals surface area contributed by atoms with Crippen LogP contribution < -0.4 is 0 Å². The standard InChI is InChI=1S/C10H15IO5/c1-15-8(13)10(9(14)16-2)3-6(5-11)7(12)4-10/h6-7,12H,3-5H2,1-2H3. The predicted molar refractivity (Wildman–Crippen MR) is 64.1 cm³/mol. The largest absolute Gasteiger partial charge is 0.468 e. The zero-order valence-electron chi connectivity index (χ0n) is 9.23. The molecule has 1 N–H and O–H groups in total. The van der Waals surface area contributed by atoms with Crippen molar-refractivity contribution >= 4 is 34.5 Å². The fourth-order valence-corrected chi connectivity index (χ4v) is 3.05. The summed E-state index contributed by atoms with van der Waals surface area (Å²) in [4.78, 5) is 23.4. The SMILES string of the molecule is COC(=O)C1(C(=O)OC)CC(O)C(CI)C1. The van der Waals surface area contributed by atoms with Crippen LogP contribution in [0.15, 0.2) is 0 Å². The fraction of sp³-hybridized carbons (Fsp3) is 0.800. The molecule has 0 aliphatic heterocycles. The number of ether oxygens (including phenoxy) is 2. The molecule has 1 saturated carbocycles. The molecular formula is C10H15IO5. The number of hydrogen-bond donors (Lipinski definition) is 1. The van der Waals surface area contributed by atoms with E-state index in [-0.39, 0.29) is 18.8 Å². The highest BCUT2D eigenvalue weighted by Crippen LogP contribution is 2.44. The number of esters is 2. The van der Waals surface area contributed by atoms with E-state index in [4.69, 9.17) is 0 Å². The summed E-state index contributed by atoms with van der Waals surface area (Å²) in [5.41, 5.74) is -1.32. The number of carbonyl (C=O) groups excluding carboxylic acids is 2. The van der Waals surface area contributed by atoms with Gasteiger partial charge in [-0.25, -0.2) is 0 Å². The van der Waals surface area contributed by atoms with Crippen LogP contribution in [0, 0.1) is 11.3 Å². The molecule has 0 aromatic heterocycles. The molecule has 0 spiro atoms. The fourth-order valence-electron chi connectivity index (χ4n) is 2.16. The lowest BCUT2D eigenvalue weighted by molar-refractivity contribution is -0.169. The first-order chi connectivity index (χ1) is 7.51. The zero-order chi connectivity index (χ0) is 12.3. The quantitative estimate of drug-likeness (QED) is 0.351. The van der Waals surface area contributed by atoms with Crippen molar-refractivity contribution in [2.75, 3.05) is 18.6 Å². The van der Waals surface area contributed by atoms with E-state index in [0.717, 1.165) is 0 Å². The normalized spacial score (nSPS) is 27.5. The molecule has 2 atom stereocenters. The molecule has 5 nitrogen and oxygen atoms in total. The number of aliphatic hydroxyl groups excluding tert-OH is 1. The van der Waals surface area contributed by atoms with Crippen LogP contribution in [0.4, 0.5) is 0 Å². The Bertz CT molecular complexity index is 275. The molecule has 1 aliphatic rings. The highest BCUT2D eigenvalue weighted by atomic mass is 127. The summed E-state index contributed by atoms with van der Waals surface area (Å²) in [5.74, 6) is -1.31. The molecule has 0 aromatic rings. The Labute approximate surface area is 108 Å². The van der Waals surface area contributed by atoms with Crippen LogP contribution in [0.1, 0.15) is 12.8 Å². The summed E-state index contributed by atoms with van der Waals surface area (Å²) in [7, 11) is 2.47. The molecule has 92 valence electrons. The maximum atomic E-state index is 11.7. The Hall–Kier alpha value is -0.370. The number of alkyl halides is 1. The van der Waals surface area contributed by atoms with Crippen LogP contribution in [-0.2, 0) is 19.1 Å². The average Bonchev–Trinajstić information content (AvgIpc) is 2.65. The smallest absolute Gasteiger partial charge is 0.323 e. The molecule has 1 aliphatic carbocycles. The van der Waals surface area contributed by atoms with Gasteiger partial charge in [-0.1, -0.05) is 22.6 Å². The number of methoxy groups -OCH3 is 2. The van der Waals surface area contributed by atoms with Crippen molar-refractivity contribution in [2.45, 2.75) is 18.9 Å². The summed E-state index contributed by atoms with van der Waals surface area (Å²) in [6, 6.07) is 0. The van der Waals surface area contributed by atoms with Gasteiger partial charge in [-0.2, -0.15) is 0 Å². The first kappa shape index (κ1) is 13.7. The second kappa shape index (κ2) is 5.31. The molecule has 0 aromatic carbocycles. The third kappa shape index (κ3) is 2.17. The lowest BCUT2D eigenvalue weighted by Crippen LogP contribution is -2.39. The Morgan fingerprint density at radius 3 is 2.12 bits per heavy atom. The summed E-state index contributed by atoms with van der Waals surface area (Å²) in [6.45, 7) is 0. The number of rotatable bonds is 3. The van der Waals surface area contributed by atoms with Crippen molar-refractivity contribution in [2.24, 2.45) is 11.3 Å². The van der Waals surface area contributed by atoms with Crippen LogP contribution >= 0.6 is 22.6 Å². The lowest BCUT2D eigenvalue weighted by Gasteiger charge is -2.22. The van der Waals surface area contributed by atoms with E-state index in [1.807, 2.05) is 0 Å². The molecule has 0 amide bonds. The van der Waals surface area contributed by atoms with Gasteiger partial charge in [-0.15, -0.1) is 0 Å². The predicted octanol–water partition coefficient (Wildman–Crippen LogP) is 0.525. The molecule has 0 saturated heterocycles. The molecule has 16 heavy (non-hydrogen) atoms. The van der Waals surface area contributed by atoms with Gasteiger partial charge in [0, 0.05) is 10.8 Å². The molecule has 0 heterocycles. The summed E-state index contributed by atoms with van der Waals surface area (Å²) in [5, 5.41) is 9.79. The Morgan fingerprint density at radius 1 is 1.31 bits per heavy atom. The Balaban J connectivity index is 2.99. The van der Waals surface area contributed by atoms with Crippen LogP contribution in [0.25, 0.3) is 0 Å². The first-order valence-electron chi connectivity index (χ1n) is 4.92. The molecule has 0 bridgehead atoms. The molecule has 0 radical (unpaired) electrons. The van der Waals surface area contributed by atoms with E-state index in [0.29, 0.717) is 4.43 Å². The van der Waals surface area contributed by atoms with Gasteiger partial charge < -0.3 is 14.6 Å². The monoisotopic (exact) mass is 342 g/mol. The van der Waals surface area contributed by atoms with Gasteiger partial charge in [0.05, 0.1) is 20.3 Å². The Kier molecular flexibility index (Phi) is 4.54. The van der Waals surface area contributed by atoms with E-state index >= 15 is 0 Å². The number of hydrogen-bond acceptors (Lipinski definition) is 5. The van der Waals surface area contributed by atoms with Crippen molar-refractivity contribution in [1.82, 2.24) is 0 Å².